The topological polar surface area (TPSA) is 52.6 Å². The van der Waals surface area contributed by atoms with Crippen molar-refractivity contribution in [3.63, 3.8) is 0 Å². The van der Waals surface area contributed by atoms with Gasteiger partial charge in [0, 0.05) is 6.92 Å². The van der Waals surface area contributed by atoms with Crippen molar-refractivity contribution in [1.82, 2.24) is 10.2 Å². The lowest BCUT2D eigenvalue weighted by atomic mass is 10.1. The predicted molar refractivity (Wildman–Crippen MR) is 101 cm³/mol. The average Bonchev–Trinajstić information content (AvgIpc) is 2.47. The number of nitrogens with one attached hydrogen (secondary N) is 1. The lowest BCUT2D eigenvalue weighted by molar-refractivity contribution is -0.134. The maximum Gasteiger partial charge on any atom is 0.300 e. The van der Waals surface area contributed by atoms with E-state index in [1.54, 1.807) is 0 Å². The molecule has 0 aromatic rings. The van der Waals surface area contributed by atoms with Crippen LogP contribution < -0.4 is 5.32 Å². The van der Waals surface area contributed by atoms with Gasteiger partial charge in [-0.1, -0.05) is 64.7 Å². The molecule has 0 aromatic heterocycles. The molecule has 0 atom stereocenters. The van der Waals surface area contributed by atoms with Gasteiger partial charge in [0.05, 0.1) is 0 Å². The number of hydrogen-bond acceptors (Lipinski definition) is 3. The van der Waals surface area contributed by atoms with Crippen molar-refractivity contribution >= 4 is 5.97 Å². The minimum atomic E-state index is -0.833. The molecule has 0 saturated carbocycles. The summed E-state index contributed by atoms with van der Waals surface area (Å²) in [6, 6.07) is 0. The first-order valence-corrected chi connectivity index (χ1v) is 9.55. The van der Waals surface area contributed by atoms with Crippen LogP contribution in [-0.2, 0) is 4.79 Å². The van der Waals surface area contributed by atoms with E-state index in [2.05, 4.69) is 31.2 Å². The normalized spacial score (nSPS) is 10.5. The highest BCUT2D eigenvalue weighted by Gasteiger charge is 1.93. The molecule has 140 valence electrons. The Morgan fingerprint density at radius 2 is 1.22 bits per heavy atom. The second-order valence-corrected chi connectivity index (χ2v) is 6.61. The van der Waals surface area contributed by atoms with E-state index in [4.69, 9.17) is 9.90 Å². The zero-order valence-corrected chi connectivity index (χ0v) is 16.2. The summed E-state index contributed by atoms with van der Waals surface area (Å²) in [4.78, 5) is 11.3. The molecule has 0 aliphatic rings. The van der Waals surface area contributed by atoms with Gasteiger partial charge in [0.25, 0.3) is 5.97 Å². The number of carbonyl (C=O) groups is 1. The van der Waals surface area contributed by atoms with E-state index in [0.29, 0.717) is 0 Å². The monoisotopic (exact) mass is 330 g/mol. The Kier molecular flexibility index (Phi) is 22.9. The Labute approximate surface area is 145 Å². The van der Waals surface area contributed by atoms with Gasteiger partial charge < -0.3 is 15.3 Å². The number of hydrogen-bond donors (Lipinski definition) is 2. The van der Waals surface area contributed by atoms with E-state index >= 15 is 0 Å². The van der Waals surface area contributed by atoms with Crippen LogP contribution in [0.2, 0.25) is 0 Å². The summed E-state index contributed by atoms with van der Waals surface area (Å²) in [5.41, 5.74) is 0. The largest absolute Gasteiger partial charge is 0.481 e. The Balaban J connectivity index is 0. The van der Waals surface area contributed by atoms with E-state index in [-0.39, 0.29) is 0 Å². The van der Waals surface area contributed by atoms with E-state index in [0.717, 1.165) is 6.92 Å². The Morgan fingerprint density at radius 3 is 1.65 bits per heavy atom. The van der Waals surface area contributed by atoms with Crippen LogP contribution in [0.15, 0.2) is 0 Å². The second-order valence-electron chi connectivity index (χ2n) is 6.61. The molecule has 0 aliphatic heterocycles. The fourth-order valence-electron chi connectivity index (χ4n) is 2.38. The van der Waals surface area contributed by atoms with Gasteiger partial charge >= 0.3 is 0 Å². The van der Waals surface area contributed by atoms with E-state index in [9.17, 15) is 0 Å². The lowest BCUT2D eigenvalue weighted by Gasteiger charge is -2.09. The van der Waals surface area contributed by atoms with Gasteiger partial charge in [-0.05, 0) is 46.6 Å². The van der Waals surface area contributed by atoms with Crippen LogP contribution in [0.3, 0.4) is 0 Å². The van der Waals surface area contributed by atoms with Gasteiger partial charge in [-0.15, -0.1) is 0 Å². The highest BCUT2D eigenvalue weighted by molar-refractivity contribution is 5.62. The average molecular weight is 331 g/mol. The molecular formula is C19H42N2O2. The highest BCUT2D eigenvalue weighted by atomic mass is 16.4. The molecule has 0 rings (SSSR count). The third kappa shape index (κ3) is 34.0. The molecule has 0 aromatic carbocycles. The predicted octanol–water partition coefficient (Wildman–Crippen LogP) is 4.54. The molecular weight excluding hydrogens is 288 g/mol. The second kappa shape index (κ2) is 21.4. The molecule has 23 heavy (non-hydrogen) atoms. The maximum absolute atomic E-state index is 9.00. The van der Waals surface area contributed by atoms with Gasteiger partial charge in [-0.3, -0.25) is 4.79 Å². The first-order valence-electron chi connectivity index (χ1n) is 9.55. The number of carboxylic acids is 1. The Hall–Kier alpha value is -0.610. The summed E-state index contributed by atoms with van der Waals surface area (Å²) >= 11 is 0. The molecule has 0 unspecified atom stereocenters. The summed E-state index contributed by atoms with van der Waals surface area (Å²) in [6.07, 6.45) is 15.6. The number of carboxylic acid groups (broad SMARTS) is 1. The third-order valence-corrected chi connectivity index (χ3v) is 3.67. The molecule has 0 spiro atoms. The van der Waals surface area contributed by atoms with E-state index < -0.39 is 5.97 Å². The van der Waals surface area contributed by atoms with Gasteiger partial charge in [-0.25, -0.2) is 0 Å². The SMILES string of the molecule is CC(=O)O.CCCCCCCCCCCCNCCCN(C)C. The lowest BCUT2D eigenvalue weighted by Crippen LogP contribution is -2.22. The number of aliphatic carboxylic acids is 1. The highest BCUT2D eigenvalue weighted by Crippen LogP contribution is 2.10. The first kappa shape index (κ1) is 24.6. The summed E-state index contributed by atoms with van der Waals surface area (Å²) in [5, 5.41) is 11.0. The van der Waals surface area contributed by atoms with Crippen LogP contribution in [-0.4, -0.2) is 49.7 Å². The zero-order chi connectivity index (χ0) is 17.8. The van der Waals surface area contributed by atoms with Crippen LogP contribution >= 0.6 is 0 Å². The molecule has 0 fully saturated rings. The molecule has 4 heteroatoms. The number of unbranched alkanes of at least 4 members (excludes halogenated alkanes) is 9. The van der Waals surface area contributed by atoms with Crippen molar-refractivity contribution in [3.8, 4) is 0 Å². The third-order valence-electron chi connectivity index (χ3n) is 3.67. The van der Waals surface area contributed by atoms with Crippen LogP contribution in [0.5, 0.6) is 0 Å². The van der Waals surface area contributed by atoms with Crippen molar-refractivity contribution in [3.05, 3.63) is 0 Å². The molecule has 4 nitrogen and oxygen atoms in total. The van der Waals surface area contributed by atoms with Gasteiger partial charge in [0.1, 0.15) is 0 Å². The fraction of sp³-hybridized carbons (Fsp3) is 0.947. The van der Waals surface area contributed by atoms with Gasteiger partial charge in [0.2, 0.25) is 0 Å². The van der Waals surface area contributed by atoms with Crippen LogP contribution in [0.4, 0.5) is 0 Å². The van der Waals surface area contributed by atoms with E-state index in [1.165, 1.54) is 90.3 Å². The minimum Gasteiger partial charge on any atom is -0.481 e. The molecule has 0 heterocycles. The summed E-state index contributed by atoms with van der Waals surface area (Å²) < 4.78 is 0. The Morgan fingerprint density at radius 1 is 0.826 bits per heavy atom. The van der Waals surface area contributed by atoms with Crippen molar-refractivity contribution in [1.29, 1.82) is 0 Å². The fourth-order valence-corrected chi connectivity index (χ4v) is 2.38. The summed E-state index contributed by atoms with van der Waals surface area (Å²) in [5.74, 6) is -0.833. The standard InChI is InChI=1S/C17H38N2.C2H4O2/c1-4-5-6-7-8-9-10-11-12-13-15-18-16-14-17-19(2)3;1-2(3)4/h18H,4-17H2,1-3H3;1H3,(H,3,4). The van der Waals surface area contributed by atoms with Crippen molar-refractivity contribution in [2.24, 2.45) is 0 Å². The van der Waals surface area contributed by atoms with Crippen LogP contribution in [0, 0.1) is 0 Å². The molecule has 0 radical (unpaired) electrons. The molecule has 2 N–H and O–H groups in total. The maximum atomic E-state index is 9.00. The number of rotatable bonds is 15. The van der Waals surface area contributed by atoms with Crippen LogP contribution in [0.1, 0.15) is 84.5 Å². The van der Waals surface area contributed by atoms with Crippen molar-refractivity contribution in [2.75, 3.05) is 33.7 Å². The van der Waals surface area contributed by atoms with Crippen molar-refractivity contribution < 1.29 is 9.90 Å². The molecule has 0 bridgehead atoms. The van der Waals surface area contributed by atoms with Gasteiger partial charge in [0.15, 0.2) is 0 Å². The molecule has 0 amide bonds. The molecule has 0 saturated heterocycles. The smallest absolute Gasteiger partial charge is 0.300 e. The zero-order valence-electron chi connectivity index (χ0n) is 16.2. The van der Waals surface area contributed by atoms with E-state index in [1.807, 2.05) is 0 Å². The van der Waals surface area contributed by atoms with Gasteiger partial charge in [-0.2, -0.15) is 0 Å². The number of nitrogens with zero attached hydrogens (tertiary/aromatic N) is 1. The first-order chi connectivity index (χ1) is 11.0. The molecule has 0 aliphatic carbocycles. The summed E-state index contributed by atoms with van der Waals surface area (Å²) in [7, 11) is 4.28. The van der Waals surface area contributed by atoms with Crippen LogP contribution in [0.25, 0.3) is 0 Å². The minimum absolute atomic E-state index is 0.833. The van der Waals surface area contributed by atoms with Crippen molar-refractivity contribution in [2.45, 2.75) is 84.5 Å². The Bertz CT molecular complexity index is 229. The summed E-state index contributed by atoms with van der Waals surface area (Å²) in [6.45, 7) is 6.96. The quantitative estimate of drug-likeness (QED) is 0.433.